The van der Waals surface area contributed by atoms with Gasteiger partial charge in [0.15, 0.2) is 0 Å². The third kappa shape index (κ3) is 5.68. The average molecular weight is 519 g/mol. The first-order valence-electron chi connectivity index (χ1n) is 11.6. The summed E-state index contributed by atoms with van der Waals surface area (Å²) in [6.45, 7) is 5.03. The molecule has 0 aliphatic carbocycles. The topological polar surface area (TPSA) is 18.5 Å². The second kappa shape index (κ2) is 11.3. The molecular formula is C30H28BrFO2. The Labute approximate surface area is 209 Å². The van der Waals surface area contributed by atoms with E-state index in [0.717, 1.165) is 50.9 Å². The lowest BCUT2D eigenvalue weighted by molar-refractivity contribution is 0.301. The van der Waals surface area contributed by atoms with Gasteiger partial charge in [-0.2, -0.15) is 0 Å². The van der Waals surface area contributed by atoms with Gasteiger partial charge in [0.05, 0.1) is 0 Å². The predicted molar refractivity (Wildman–Crippen MR) is 140 cm³/mol. The minimum Gasteiger partial charge on any atom is -0.489 e. The maximum atomic E-state index is 15.3. The minimum absolute atomic E-state index is 0.305. The van der Waals surface area contributed by atoms with E-state index in [-0.39, 0.29) is 5.82 Å². The third-order valence-electron chi connectivity index (χ3n) is 5.83. The van der Waals surface area contributed by atoms with E-state index < -0.39 is 0 Å². The molecule has 0 aliphatic heterocycles. The number of hydrogen-bond donors (Lipinski definition) is 0. The van der Waals surface area contributed by atoms with Crippen LogP contribution in [0.3, 0.4) is 0 Å². The maximum absolute atomic E-state index is 15.3. The van der Waals surface area contributed by atoms with E-state index in [1.807, 2.05) is 78.9 Å². The molecular weight excluding hydrogens is 491 g/mol. The first kappa shape index (κ1) is 24.0. The maximum Gasteiger partial charge on any atom is 0.134 e. The van der Waals surface area contributed by atoms with E-state index in [0.29, 0.717) is 24.5 Å². The zero-order chi connectivity index (χ0) is 23.9. The molecule has 0 radical (unpaired) electrons. The third-order valence-corrected chi connectivity index (χ3v) is 6.48. The second-order valence-corrected chi connectivity index (χ2v) is 8.99. The van der Waals surface area contributed by atoms with Gasteiger partial charge in [-0.1, -0.05) is 90.4 Å². The molecule has 0 saturated heterocycles. The molecule has 0 atom stereocenters. The van der Waals surface area contributed by atoms with Gasteiger partial charge in [0, 0.05) is 16.1 Å². The van der Waals surface area contributed by atoms with Crippen LogP contribution in [0.4, 0.5) is 4.39 Å². The van der Waals surface area contributed by atoms with Crippen molar-refractivity contribution in [2.75, 3.05) is 0 Å². The molecule has 0 saturated carbocycles. The van der Waals surface area contributed by atoms with Crippen molar-refractivity contribution in [3.63, 3.8) is 0 Å². The lowest BCUT2D eigenvalue weighted by atomic mass is 9.97. The Morgan fingerprint density at radius 2 is 1.12 bits per heavy atom. The number of aryl methyl sites for hydroxylation is 2. The molecule has 0 bridgehead atoms. The van der Waals surface area contributed by atoms with Crippen LogP contribution in [-0.4, -0.2) is 0 Å². The molecule has 0 N–H and O–H groups in total. The van der Waals surface area contributed by atoms with Crippen molar-refractivity contribution in [2.24, 2.45) is 0 Å². The monoisotopic (exact) mass is 518 g/mol. The van der Waals surface area contributed by atoms with Crippen LogP contribution in [0.5, 0.6) is 11.5 Å². The van der Waals surface area contributed by atoms with Gasteiger partial charge in [0.25, 0.3) is 0 Å². The molecule has 0 heterocycles. The molecule has 4 heteroatoms. The Hall–Kier alpha value is -3.11. The predicted octanol–water partition coefficient (Wildman–Crippen LogP) is 8.54. The Bertz CT molecular complexity index is 1140. The average Bonchev–Trinajstić information content (AvgIpc) is 2.88. The summed E-state index contributed by atoms with van der Waals surface area (Å²) in [5, 5.41) is 0. The van der Waals surface area contributed by atoms with Gasteiger partial charge in [0.1, 0.15) is 30.5 Å². The fraction of sp³-hybridized carbons (Fsp3) is 0.200. The summed E-state index contributed by atoms with van der Waals surface area (Å²) in [5.41, 5.74) is 5.54. The van der Waals surface area contributed by atoms with Gasteiger partial charge in [0.2, 0.25) is 0 Å². The summed E-state index contributed by atoms with van der Waals surface area (Å²) in [4.78, 5) is 0. The smallest absolute Gasteiger partial charge is 0.134 e. The Morgan fingerprint density at radius 1 is 0.647 bits per heavy atom. The van der Waals surface area contributed by atoms with E-state index in [4.69, 9.17) is 9.47 Å². The van der Waals surface area contributed by atoms with Gasteiger partial charge >= 0.3 is 0 Å². The fourth-order valence-corrected chi connectivity index (χ4v) is 4.44. The standard InChI is InChI=1S/C30H28BrFO2/c1-3-23-15-25(27(31)17-29(23)33-19-21-11-7-5-8-12-21)26-16-24(4-2)30(18-28(26)32)34-20-22-13-9-6-10-14-22/h5-18H,3-4,19-20H2,1-2H3. The highest BCUT2D eigenvalue weighted by Crippen LogP contribution is 2.38. The SMILES string of the molecule is CCc1cc(-c2cc(CC)c(OCc3ccccc3)cc2Br)c(F)cc1OCc1ccccc1. The lowest BCUT2D eigenvalue weighted by Crippen LogP contribution is -2.01. The van der Waals surface area contributed by atoms with Crippen molar-refractivity contribution >= 4 is 15.9 Å². The largest absolute Gasteiger partial charge is 0.489 e. The molecule has 4 aromatic carbocycles. The van der Waals surface area contributed by atoms with E-state index in [2.05, 4.69) is 29.8 Å². The van der Waals surface area contributed by atoms with E-state index in [1.54, 1.807) is 0 Å². The van der Waals surface area contributed by atoms with Gasteiger partial charge in [-0.05, 0) is 58.9 Å². The van der Waals surface area contributed by atoms with Crippen LogP contribution in [0.2, 0.25) is 0 Å². The molecule has 0 aromatic heterocycles. The molecule has 0 spiro atoms. The first-order chi connectivity index (χ1) is 16.6. The molecule has 0 fully saturated rings. The second-order valence-electron chi connectivity index (χ2n) is 8.14. The summed E-state index contributed by atoms with van der Waals surface area (Å²) < 4.78 is 28.2. The van der Waals surface area contributed by atoms with E-state index in [9.17, 15) is 0 Å². The van der Waals surface area contributed by atoms with Crippen LogP contribution in [-0.2, 0) is 26.1 Å². The lowest BCUT2D eigenvalue weighted by Gasteiger charge is -2.17. The highest BCUT2D eigenvalue weighted by Gasteiger charge is 2.17. The molecule has 174 valence electrons. The highest BCUT2D eigenvalue weighted by atomic mass is 79.9. The van der Waals surface area contributed by atoms with E-state index in [1.165, 1.54) is 6.07 Å². The zero-order valence-electron chi connectivity index (χ0n) is 19.5. The molecule has 4 rings (SSSR count). The van der Waals surface area contributed by atoms with Crippen molar-refractivity contribution < 1.29 is 13.9 Å². The van der Waals surface area contributed by atoms with Crippen molar-refractivity contribution in [1.29, 1.82) is 0 Å². The summed E-state index contributed by atoms with van der Waals surface area (Å²) >= 11 is 3.66. The Balaban J connectivity index is 1.61. The summed E-state index contributed by atoms with van der Waals surface area (Å²) in [6, 6.07) is 27.4. The van der Waals surface area contributed by atoms with Crippen molar-refractivity contribution in [3.05, 3.63) is 117 Å². The van der Waals surface area contributed by atoms with E-state index >= 15 is 4.39 Å². The van der Waals surface area contributed by atoms with Crippen molar-refractivity contribution in [1.82, 2.24) is 0 Å². The fourth-order valence-electron chi connectivity index (χ4n) is 3.90. The number of ether oxygens (including phenoxy) is 2. The number of hydrogen-bond acceptors (Lipinski definition) is 2. The highest BCUT2D eigenvalue weighted by molar-refractivity contribution is 9.10. The normalized spacial score (nSPS) is 10.8. The first-order valence-corrected chi connectivity index (χ1v) is 12.4. The van der Waals surface area contributed by atoms with Gasteiger partial charge < -0.3 is 9.47 Å². The minimum atomic E-state index is -0.305. The molecule has 4 aromatic rings. The van der Waals surface area contributed by atoms with Crippen LogP contribution in [0, 0.1) is 5.82 Å². The summed E-state index contributed by atoms with van der Waals surface area (Å²) in [7, 11) is 0. The van der Waals surface area contributed by atoms with Crippen molar-refractivity contribution in [2.45, 2.75) is 39.9 Å². The summed E-state index contributed by atoms with van der Waals surface area (Å²) in [5.74, 6) is 1.09. The van der Waals surface area contributed by atoms with Crippen LogP contribution in [0.15, 0.2) is 89.4 Å². The number of rotatable bonds is 9. The van der Waals surface area contributed by atoms with Gasteiger partial charge in [-0.15, -0.1) is 0 Å². The molecule has 0 aliphatic rings. The number of benzene rings is 4. The molecule has 0 unspecified atom stereocenters. The van der Waals surface area contributed by atoms with Gasteiger partial charge in [-0.25, -0.2) is 4.39 Å². The number of halogens is 2. The van der Waals surface area contributed by atoms with Crippen LogP contribution in [0.1, 0.15) is 36.1 Å². The molecule has 2 nitrogen and oxygen atoms in total. The van der Waals surface area contributed by atoms with Gasteiger partial charge in [-0.3, -0.25) is 0 Å². The Morgan fingerprint density at radius 3 is 1.62 bits per heavy atom. The zero-order valence-corrected chi connectivity index (χ0v) is 21.1. The van der Waals surface area contributed by atoms with Crippen LogP contribution < -0.4 is 9.47 Å². The quantitative estimate of drug-likeness (QED) is 0.221. The Kier molecular flexibility index (Phi) is 8.02. The molecule has 0 amide bonds. The molecule has 34 heavy (non-hydrogen) atoms. The van der Waals surface area contributed by atoms with Crippen LogP contribution in [0.25, 0.3) is 11.1 Å². The van der Waals surface area contributed by atoms with Crippen LogP contribution >= 0.6 is 15.9 Å². The summed E-state index contributed by atoms with van der Waals surface area (Å²) in [6.07, 6.45) is 1.53. The van der Waals surface area contributed by atoms with Crippen molar-refractivity contribution in [3.8, 4) is 22.6 Å².